The first-order chi connectivity index (χ1) is 8.11. The standard InChI is InChI=1S/C12H13FN2OS/c1-7-4-8(2-3-9(7)13)10-6-17-12(15-10)11(16)5-14/h2-4,6,11,16H,5,14H2,1H3. The molecule has 2 rings (SSSR count). The molecule has 3 N–H and O–H groups in total. The summed E-state index contributed by atoms with van der Waals surface area (Å²) in [6, 6.07) is 4.84. The van der Waals surface area contributed by atoms with Gasteiger partial charge in [0.25, 0.3) is 0 Å². The minimum atomic E-state index is -0.727. The average Bonchev–Trinajstić information content (AvgIpc) is 2.81. The molecule has 0 aliphatic heterocycles. The second kappa shape index (κ2) is 4.91. The molecule has 1 atom stereocenters. The van der Waals surface area contributed by atoms with Crippen molar-refractivity contribution in [1.29, 1.82) is 0 Å². The van der Waals surface area contributed by atoms with Crippen molar-refractivity contribution < 1.29 is 9.50 Å². The number of thiazole rings is 1. The highest BCUT2D eigenvalue weighted by atomic mass is 32.1. The number of aryl methyl sites for hydroxylation is 1. The van der Waals surface area contributed by atoms with E-state index in [9.17, 15) is 9.50 Å². The van der Waals surface area contributed by atoms with Gasteiger partial charge in [0.15, 0.2) is 0 Å². The zero-order chi connectivity index (χ0) is 12.4. The molecule has 0 aliphatic rings. The molecule has 0 bridgehead atoms. The Bertz CT molecular complexity index is 527. The summed E-state index contributed by atoms with van der Waals surface area (Å²) in [4.78, 5) is 4.29. The summed E-state index contributed by atoms with van der Waals surface area (Å²) in [6.07, 6.45) is -0.727. The predicted molar refractivity (Wildman–Crippen MR) is 66.3 cm³/mol. The highest BCUT2D eigenvalue weighted by molar-refractivity contribution is 7.10. The maximum absolute atomic E-state index is 13.1. The lowest BCUT2D eigenvalue weighted by atomic mass is 10.1. The summed E-state index contributed by atoms with van der Waals surface area (Å²) in [7, 11) is 0. The quantitative estimate of drug-likeness (QED) is 0.880. The second-order valence-electron chi connectivity index (χ2n) is 3.79. The molecule has 1 unspecified atom stereocenters. The molecule has 17 heavy (non-hydrogen) atoms. The van der Waals surface area contributed by atoms with Crippen molar-refractivity contribution in [2.24, 2.45) is 5.73 Å². The van der Waals surface area contributed by atoms with E-state index in [1.807, 2.05) is 5.38 Å². The summed E-state index contributed by atoms with van der Waals surface area (Å²) in [5.74, 6) is -0.230. The minimum Gasteiger partial charge on any atom is -0.385 e. The fraction of sp³-hybridized carbons (Fsp3) is 0.250. The van der Waals surface area contributed by atoms with E-state index in [2.05, 4.69) is 4.98 Å². The van der Waals surface area contributed by atoms with Crippen molar-refractivity contribution in [3.05, 3.63) is 40.0 Å². The van der Waals surface area contributed by atoms with E-state index in [-0.39, 0.29) is 12.4 Å². The van der Waals surface area contributed by atoms with Gasteiger partial charge in [-0.05, 0) is 30.7 Å². The van der Waals surface area contributed by atoms with Gasteiger partial charge in [0.2, 0.25) is 0 Å². The van der Waals surface area contributed by atoms with E-state index in [0.717, 1.165) is 11.3 Å². The van der Waals surface area contributed by atoms with Crippen LogP contribution in [0.5, 0.6) is 0 Å². The SMILES string of the molecule is Cc1cc(-c2csc(C(O)CN)n2)ccc1F. The molecular formula is C12H13FN2OS. The maximum atomic E-state index is 13.1. The van der Waals surface area contributed by atoms with Crippen molar-refractivity contribution in [3.8, 4) is 11.3 Å². The van der Waals surface area contributed by atoms with Gasteiger partial charge >= 0.3 is 0 Å². The normalized spacial score (nSPS) is 12.7. The Morgan fingerprint density at radius 3 is 2.94 bits per heavy atom. The van der Waals surface area contributed by atoms with Gasteiger partial charge in [-0.2, -0.15) is 0 Å². The summed E-state index contributed by atoms with van der Waals surface area (Å²) in [5, 5.41) is 12.0. The first-order valence-corrected chi connectivity index (χ1v) is 6.10. The number of halogens is 1. The highest BCUT2D eigenvalue weighted by Gasteiger charge is 2.11. The zero-order valence-electron chi connectivity index (χ0n) is 9.35. The van der Waals surface area contributed by atoms with E-state index >= 15 is 0 Å². The van der Waals surface area contributed by atoms with Crippen LogP contribution < -0.4 is 5.73 Å². The van der Waals surface area contributed by atoms with E-state index < -0.39 is 6.10 Å². The van der Waals surface area contributed by atoms with Crippen LogP contribution in [0.4, 0.5) is 4.39 Å². The molecule has 90 valence electrons. The van der Waals surface area contributed by atoms with Gasteiger partial charge in [-0.25, -0.2) is 9.37 Å². The third-order valence-corrected chi connectivity index (χ3v) is 3.43. The summed E-state index contributed by atoms with van der Waals surface area (Å²) in [6.45, 7) is 1.86. The van der Waals surface area contributed by atoms with Crippen molar-refractivity contribution >= 4 is 11.3 Å². The number of nitrogens with zero attached hydrogens (tertiary/aromatic N) is 1. The lowest BCUT2D eigenvalue weighted by Crippen LogP contribution is -2.11. The molecule has 1 aromatic heterocycles. The van der Waals surface area contributed by atoms with Gasteiger partial charge in [-0.1, -0.05) is 0 Å². The van der Waals surface area contributed by atoms with Crippen molar-refractivity contribution in [2.75, 3.05) is 6.54 Å². The second-order valence-corrected chi connectivity index (χ2v) is 4.68. The third kappa shape index (κ3) is 2.52. The van der Waals surface area contributed by atoms with Crippen molar-refractivity contribution in [1.82, 2.24) is 4.98 Å². The number of aliphatic hydroxyl groups excluding tert-OH is 1. The Morgan fingerprint density at radius 2 is 2.29 bits per heavy atom. The lowest BCUT2D eigenvalue weighted by Gasteiger charge is -2.02. The van der Waals surface area contributed by atoms with Gasteiger partial charge in [-0.15, -0.1) is 11.3 Å². The molecule has 2 aromatic rings. The van der Waals surface area contributed by atoms with Crippen LogP contribution in [0.15, 0.2) is 23.6 Å². The number of aromatic nitrogens is 1. The molecule has 5 heteroatoms. The molecule has 1 heterocycles. The number of rotatable bonds is 3. The fourth-order valence-corrected chi connectivity index (χ4v) is 2.30. The Kier molecular flexibility index (Phi) is 3.51. The number of hydrogen-bond donors (Lipinski definition) is 2. The first-order valence-electron chi connectivity index (χ1n) is 5.22. The Hall–Kier alpha value is -1.30. The number of aliphatic hydroxyl groups is 1. The monoisotopic (exact) mass is 252 g/mol. The fourth-order valence-electron chi connectivity index (χ4n) is 1.48. The molecule has 3 nitrogen and oxygen atoms in total. The molecule has 0 radical (unpaired) electrons. The maximum Gasteiger partial charge on any atom is 0.126 e. The largest absolute Gasteiger partial charge is 0.385 e. The van der Waals surface area contributed by atoms with Crippen LogP contribution in [0, 0.1) is 12.7 Å². The number of benzene rings is 1. The van der Waals surface area contributed by atoms with E-state index in [1.165, 1.54) is 17.4 Å². The van der Waals surface area contributed by atoms with E-state index in [1.54, 1.807) is 19.1 Å². The van der Waals surface area contributed by atoms with Crippen LogP contribution in [-0.2, 0) is 0 Å². The summed E-state index contributed by atoms with van der Waals surface area (Å²) >= 11 is 1.35. The predicted octanol–water partition coefficient (Wildman–Crippen LogP) is 2.25. The molecule has 0 amide bonds. The smallest absolute Gasteiger partial charge is 0.126 e. The number of nitrogens with two attached hydrogens (primary N) is 1. The van der Waals surface area contributed by atoms with Crippen molar-refractivity contribution in [3.63, 3.8) is 0 Å². The van der Waals surface area contributed by atoms with Gasteiger partial charge in [0, 0.05) is 17.5 Å². The third-order valence-electron chi connectivity index (χ3n) is 2.48. The van der Waals surface area contributed by atoms with Crippen LogP contribution in [0.3, 0.4) is 0 Å². The van der Waals surface area contributed by atoms with Gasteiger partial charge in [0.05, 0.1) is 5.69 Å². The van der Waals surface area contributed by atoms with Gasteiger partial charge in [0.1, 0.15) is 16.9 Å². The van der Waals surface area contributed by atoms with Crippen LogP contribution in [-0.4, -0.2) is 16.6 Å². The van der Waals surface area contributed by atoms with Crippen LogP contribution in [0.2, 0.25) is 0 Å². The van der Waals surface area contributed by atoms with Gasteiger partial charge < -0.3 is 10.8 Å². The van der Waals surface area contributed by atoms with Crippen molar-refractivity contribution in [2.45, 2.75) is 13.0 Å². The molecular weight excluding hydrogens is 239 g/mol. The first kappa shape index (κ1) is 12.2. The van der Waals surface area contributed by atoms with E-state index in [4.69, 9.17) is 5.73 Å². The topological polar surface area (TPSA) is 59.1 Å². The zero-order valence-corrected chi connectivity index (χ0v) is 10.2. The van der Waals surface area contributed by atoms with Crippen LogP contribution >= 0.6 is 11.3 Å². The molecule has 0 fully saturated rings. The molecule has 0 saturated carbocycles. The minimum absolute atomic E-state index is 0.148. The lowest BCUT2D eigenvalue weighted by molar-refractivity contribution is 0.186. The average molecular weight is 252 g/mol. The molecule has 0 aliphatic carbocycles. The highest BCUT2D eigenvalue weighted by Crippen LogP contribution is 2.26. The van der Waals surface area contributed by atoms with Crippen LogP contribution in [0.25, 0.3) is 11.3 Å². The van der Waals surface area contributed by atoms with E-state index in [0.29, 0.717) is 10.6 Å². The van der Waals surface area contributed by atoms with Crippen LogP contribution in [0.1, 0.15) is 16.7 Å². The van der Waals surface area contributed by atoms with Gasteiger partial charge in [-0.3, -0.25) is 0 Å². The Balaban J connectivity index is 2.33. The molecule has 1 aromatic carbocycles. The summed E-state index contributed by atoms with van der Waals surface area (Å²) < 4.78 is 13.1. The summed E-state index contributed by atoms with van der Waals surface area (Å²) in [5.41, 5.74) is 7.52. The Labute approximate surface area is 103 Å². The Morgan fingerprint density at radius 1 is 1.53 bits per heavy atom. The molecule has 0 saturated heterocycles. The molecule has 0 spiro atoms. The number of hydrogen-bond acceptors (Lipinski definition) is 4.